The maximum absolute atomic E-state index is 12.8. The number of para-hydroxylation sites is 1. The van der Waals surface area contributed by atoms with Crippen LogP contribution in [0.15, 0.2) is 30.5 Å². The third kappa shape index (κ3) is 2.40. The highest BCUT2D eigenvalue weighted by molar-refractivity contribution is 6.00. The zero-order valence-electron chi connectivity index (χ0n) is 12.6. The van der Waals surface area contributed by atoms with Gasteiger partial charge in [0.25, 0.3) is 5.91 Å². The van der Waals surface area contributed by atoms with Gasteiger partial charge in [0.1, 0.15) is 0 Å². The van der Waals surface area contributed by atoms with Crippen LogP contribution in [0.25, 0.3) is 10.9 Å². The molecule has 2 N–H and O–H groups in total. The number of carbonyl (C=O) groups excluding carboxylic acids is 1. The Bertz CT molecular complexity index is 697. The number of hydrogen-bond acceptors (Lipinski definition) is 3. The van der Waals surface area contributed by atoms with Crippen LogP contribution in [0.1, 0.15) is 29.3 Å². The second-order valence-corrected chi connectivity index (χ2v) is 6.31. The average molecular weight is 283 g/mol. The van der Waals surface area contributed by atoms with E-state index in [1.165, 1.54) is 0 Å². The van der Waals surface area contributed by atoms with Gasteiger partial charge < -0.3 is 10.6 Å². The number of nitrogens with two attached hydrogens (primary N) is 1. The molecule has 0 radical (unpaired) electrons. The van der Waals surface area contributed by atoms with Crippen LogP contribution in [0.5, 0.6) is 0 Å². The molecule has 0 spiro atoms. The van der Waals surface area contributed by atoms with Crippen molar-refractivity contribution in [2.24, 2.45) is 11.1 Å². The van der Waals surface area contributed by atoms with Gasteiger partial charge in [0, 0.05) is 24.7 Å². The normalized spacial score (nSPS) is 22.0. The molecule has 1 aliphatic heterocycles. The van der Waals surface area contributed by atoms with E-state index in [-0.39, 0.29) is 11.3 Å². The maximum atomic E-state index is 12.8. The molecule has 1 atom stereocenters. The summed E-state index contributed by atoms with van der Waals surface area (Å²) in [6.07, 6.45) is 2.67. The Balaban J connectivity index is 1.94. The molecule has 1 aliphatic rings. The highest BCUT2D eigenvalue weighted by Crippen LogP contribution is 2.30. The van der Waals surface area contributed by atoms with Gasteiger partial charge in [0.2, 0.25) is 0 Å². The smallest absolute Gasteiger partial charge is 0.255 e. The number of fused-ring (bicyclic) bond motifs is 1. The number of aryl methyl sites for hydroxylation is 1. The first-order chi connectivity index (χ1) is 10.0. The highest BCUT2D eigenvalue weighted by Gasteiger charge is 2.35. The number of hydrogen-bond donors (Lipinski definition) is 1. The van der Waals surface area contributed by atoms with Crippen molar-refractivity contribution in [2.75, 3.05) is 19.6 Å². The van der Waals surface area contributed by atoms with E-state index < -0.39 is 0 Å². The molecule has 1 unspecified atom stereocenters. The predicted octanol–water partition coefficient (Wildman–Crippen LogP) is 2.35. The summed E-state index contributed by atoms with van der Waals surface area (Å²) >= 11 is 0. The van der Waals surface area contributed by atoms with Gasteiger partial charge in [-0.1, -0.05) is 25.1 Å². The molecule has 21 heavy (non-hydrogen) atoms. The summed E-state index contributed by atoms with van der Waals surface area (Å²) in [6, 6.07) is 7.93. The van der Waals surface area contributed by atoms with Crippen molar-refractivity contribution < 1.29 is 4.79 Å². The zero-order chi connectivity index (χ0) is 15.0. The summed E-state index contributed by atoms with van der Waals surface area (Å²) in [5.41, 5.74) is 8.51. The molecule has 1 fully saturated rings. The van der Waals surface area contributed by atoms with Gasteiger partial charge in [-0.15, -0.1) is 0 Å². The lowest BCUT2D eigenvalue weighted by Gasteiger charge is -2.23. The molecule has 1 aromatic heterocycles. The lowest BCUT2D eigenvalue weighted by molar-refractivity contribution is 0.0776. The Morgan fingerprint density at radius 2 is 2.19 bits per heavy atom. The van der Waals surface area contributed by atoms with E-state index in [1.807, 2.05) is 36.1 Å². The molecular formula is C17H21N3O. The summed E-state index contributed by atoms with van der Waals surface area (Å²) in [4.78, 5) is 19.1. The number of likely N-dealkylation sites (tertiary alicyclic amines) is 1. The van der Waals surface area contributed by atoms with Crippen LogP contribution in [-0.2, 0) is 0 Å². The first-order valence-electron chi connectivity index (χ1n) is 7.38. The zero-order valence-corrected chi connectivity index (χ0v) is 12.6. The quantitative estimate of drug-likeness (QED) is 0.920. The molecule has 0 bridgehead atoms. The summed E-state index contributed by atoms with van der Waals surface area (Å²) in [5, 5.41) is 1.05. The molecular weight excluding hydrogens is 262 g/mol. The maximum Gasteiger partial charge on any atom is 0.255 e. The third-order valence-corrected chi connectivity index (χ3v) is 4.61. The third-order valence-electron chi connectivity index (χ3n) is 4.61. The fraction of sp³-hybridized carbons (Fsp3) is 0.412. The van der Waals surface area contributed by atoms with Crippen LogP contribution in [0.3, 0.4) is 0 Å². The number of aromatic nitrogens is 1. The largest absolute Gasteiger partial charge is 0.338 e. The van der Waals surface area contributed by atoms with Crippen molar-refractivity contribution in [3.63, 3.8) is 0 Å². The molecule has 2 aromatic rings. The summed E-state index contributed by atoms with van der Waals surface area (Å²) in [7, 11) is 0. The Morgan fingerprint density at radius 3 is 2.90 bits per heavy atom. The Morgan fingerprint density at radius 1 is 1.43 bits per heavy atom. The molecule has 0 aliphatic carbocycles. The molecule has 4 nitrogen and oxygen atoms in total. The van der Waals surface area contributed by atoms with Gasteiger partial charge in [0.15, 0.2) is 0 Å². The number of amides is 1. The Kier molecular flexibility index (Phi) is 3.41. The molecule has 3 rings (SSSR count). The average Bonchev–Trinajstić information content (AvgIpc) is 2.91. The summed E-state index contributed by atoms with van der Waals surface area (Å²) in [5.74, 6) is 0.0722. The highest BCUT2D eigenvalue weighted by atomic mass is 16.2. The second kappa shape index (κ2) is 5.11. The van der Waals surface area contributed by atoms with Gasteiger partial charge in [-0.05, 0) is 36.9 Å². The van der Waals surface area contributed by atoms with Crippen LogP contribution in [0.4, 0.5) is 0 Å². The lowest BCUT2D eigenvalue weighted by atomic mass is 9.90. The van der Waals surface area contributed by atoms with Gasteiger partial charge in [-0.3, -0.25) is 9.78 Å². The van der Waals surface area contributed by atoms with E-state index >= 15 is 0 Å². The minimum atomic E-state index is 0.0494. The SMILES string of the molecule is Cc1c(C(=O)N2CCC(C)(CN)C2)cnc2ccccc12. The van der Waals surface area contributed by atoms with Gasteiger partial charge >= 0.3 is 0 Å². The van der Waals surface area contributed by atoms with E-state index in [0.29, 0.717) is 12.1 Å². The number of benzene rings is 1. The number of pyridine rings is 1. The lowest BCUT2D eigenvalue weighted by Crippen LogP contribution is -2.34. The van der Waals surface area contributed by atoms with Gasteiger partial charge in [0.05, 0.1) is 11.1 Å². The van der Waals surface area contributed by atoms with Crippen LogP contribution < -0.4 is 5.73 Å². The molecule has 0 saturated carbocycles. The molecule has 1 saturated heterocycles. The number of carbonyl (C=O) groups is 1. The predicted molar refractivity (Wildman–Crippen MR) is 84.2 cm³/mol. The van der Waals surface area contributed by atoms with E-state index in [4.69, 9.17) is 5.73 Å². The number of rotatable bonds is 2. The van der Waals surface area contributed by atoms with E-state index in [1.54, 1.807) is 6.20 Å². The molecule has 110 valence electrons. The van der Waals surface area contributed by atoms with Crippen LogP contribution in [0, 0.1) is 12.3 Å². The fourth-order valence-corrected chi connectivity index (χ4v) is 3.03. The van der Waals surface area contributed by atoms with Gasteiger partial charge in [-0.25, -0.2) is 0 Å². The topological polar surface area (TPSA) is 59.2 Å². The molecule has 1 amide bonds. The number of nitrogens with zero attached hydrogens (tertiary/aromatic N) is 2. The molecule has 2 heterocycles. The fourth-order valence-electron chi connectivity index (χ4n) is 3.03. The minimum absolute atomic E-state index is 0.0494. The van der Waals surface area contributed by atoms with Crippen LogP contribution in [-0.4, -0.2) is 35.4 Å². The first-order valence-corrected chi connectivity index (χ1v) is 7.38. The van der Waals surface area contributed by atoms with Gasteiger partial charge in [-0.2, -0.15) is 0 Å². The van der Waals surface area contributed by atoms with E-state index in [9.17, 15) is 4.79 Å². The van der Waals surface area contributed by atoms with Crippen LogP contribution >= 0.6 is 0 Å². The molecule has 4 heteroatoms. The summed E-state index contributed by atoms with van der Waals surface area (Å²) < 4.78 is 0. The van der Waals surface area contributed by atoms with Crippen molar-refractivity contribution in [1.82, 2.24) is 9.88 Å². The summed E-state index contributed by atoms with van der Waals surface area (Å²) in [6.45, 7) is 6.26. The van der Waals surface area contributed by atoms with Crippen molar-refractivity contribution in [2.45, 2.75) is 20.3 Å². The van der Waals surface area contributed by atoms with Crippen LogP contribution in [0.2, 0.25) is 0 Å². The second-order valence-electron chi connectivity index (χ2n) is 6.31. The van der Waals surface area contributed by atoms with Crippen molar-refractivity contribution in [3.8, 4) is 0 Å². The van der Waals surface area contributed by atoms with Crippen molar-refractivity contribution in [1.29, 1.82) is 0 Å². The van der Waals surface area contributed by atoms with Crippen molar-refractivity contribution in [3.05, 3.63) is 41.6 Å². The standard InChI is InChI=1S/C17H21N3O/c1-12-13-5-3-4-6-15(13)19-9-14(12)16(21)20-8-7-17(2,10-18)11-20/h3-6,9H,7-8,10-11,18H2,1-2H3. The molecule has 1 aromatic carbocycles. The van der Waals surface area contributed by atoms with Crippen molar-refractivity contribution >= 4 is 16.8 Å². The van der Waals surface area contributed by atoms with E-state index in [2.05, 4.69) is 11.9 Å². The first kappa shape index (κ1) is 14.0. The van der Waals surface area contributed by atoms with E-state index in [0.717, 1.165) is 36.0 Å². The Labute approximate surface area is 125 Å². The monoisotopic (exact) mass is 283 g/mol. The Hall–Kier alpha value is -1.94. The minimum Gasteiger partial charge on any atom is -0.338 e.